The number of hydrogen-bond acceptors (Lipinski definition) is 3. The highest BCUT2D eigenvalue weighted by Crippen LogP contribution is 2.22. The van der Waals surface area contributed by atoms with Gasteiger partial charge in [-0.1, -0.05) is 11.3 Å². The third-order valence-electron chi connectivity index (χ3n) is 2.37. The van der Waals surface area contributed by atoms with Crippen LogP contribution in [0.3, 0.4) is 0 Å². The average molecular weight is 285 g/mol. The van der Waals surface area contributed by atoms with Crippen molar-refractivity contribution in [1.82, 2.24) is 15.0 Å². The molecule has 4 nitrogen and oxygen atoms in total. The second kappa shape index (κ2) is 4.31. The van der Waals surface area contributed by atoms with E-state index in [1.165, 1.54) is 6.07 Å². The van der Waals surface area contributed by atoms with Gasteiger partial charge in [0.2, 0.25) is 0 Å². The van der Waals surface area contributed by atoms with Crippen molar-refractivity contribution < 1.29 is 4.39 Å². The number of nitrogens with two attached hydrogens (primary N) is 1. The van der Waals surface area contributed by atoms with Gasteiger partial charge in [-0.05, 0) is 33.6 Å². The molecule has 2 rings (SSSR count). The molecule has 0 spiro atoms. The van der Waals surface area contributed by atoms with Crippen molar-refractivity contribution in [2.75, 3.05) is 0 Å². The maximum atomic E-state index is 13.3. The maximum absolute atomic E-state index is 13.3. The molecule has 0 aliphatic heterocycles. The molecule has 0 saturated heterocycles. The molecule has 2 N–H and O–H groups in total. The van der Waals surface area contributed by atoms with E-state index in [1.807, 2.05) is 0 Å². The Hall–Kier alpha value is -1.27. The molecule has 0 radical (unpaired) electrons. The number of nitrogens with zero attached hydrogens (tertiary/aromatic N) is 3. The zero-order chi connectivity index (χ0) is 11.7. The number of rotatable bonds is 2. The van der Waals surface area contributed by atoms with Gasteiger partial charge >= 0.3 is 0 Å². The van der Waals surface area contributed by atoms with Gasteiger partial charge in [-0.25, -0.2) is 4.39 Å². The van der Waals surface area contributed by atoms with Gasteiger partial charge in [-0.3, -0.25) is 4.68 Å². The van der Waals surface area contributed by atoms with Crippen LogP contribution in [0.25, 0.3) is 0 Å². The first-order valence-electron chi connectivity index (χ1n) is 4.64. The lowest BCUT2D eigenvalue weighted by atomic mass is 10.1. The minimum Gasteiger partial charge on any atom is -0.319 e. The fourth-order valence-corrected chi connectivity index (χ4v) is 1.70. The van der Waals surface area contributed by atoms with Crippen molar-refractivity contribution in [2.24, 2.45) is 12.8 Å². The lowest BCUT2D eigenvalue weighted by Crippen LogP contribution is -2.16. The highest BCUT2D eigenvalue weighted by molar-refractivity contribution is 9.10. The summed E-state index contributed by atoms with van der Waals surface area (Å²) in [4.78, 5) is 0. The van der Waals surface area contributed by atoms with Crippen LogP contribution in [0.15, 0.2) is 28.9 Å². The molecule has 1 aromatic carbocycles. The Balaban J connectivity index is 2.38. The molecule has 1 aromatic heterocycles. The molecule has 0 fully saturated rings. The van der Waals surface area contributed by atoms with Gasteiger partial charge in [0.1, 0.15) is 5.82 Å². The van der Waals surface area contributed by atoms with Crippen LogP contribution in [-0.2, 0) is 7.05 Å². The minimum atomic E-state index is -0.428. The number of aryl methyl sites for hydroxylation is 1. The SMILES string of the molecule is Cn1nncc1C(N)c1ccc(Br)c(F)c1. The molecule has 1 heterocycles. The number of benzene rings is 1. The van der Waals surface area contributed by atoms with Gasteiger partial charge in [-0.15, -0.1) is 5.10 Å². The molecule has 2 aromatic rings. The molecule has 0 saturated carbocycles. The van der Waals surface area contributed by atoms with E-state index in [4.69, 9.17) is 5.73 Å². The Morgan fingerprint density at radius 2 is 2.25 bits per heavy atom. The lowest BCUT2D eigenvalue weighted by Gasteiger charge is -2.11. The van der Waals surface area contributed by atoms with Crippen LogP contribution in [0.2, 0.25) is 0 Å². The van der Waals surface area contributed by atoms with E-state index in [9.17, 15) is 4.39 Å². The monoisotopic (exact) mass is 284 g/mol. The van der Waals surface area contributed by atoms with Gasteiger partial charge in [-0.2, -0.15) is 0 Å². The summed E-state index contributed by atoms with van der Waals surface area (Å²) in [7, 11) is 1.75. The molecule has 0 amide bonds. The topological polar surface area (TPSA) is 56.7 Å². The molecular weight excluding hydrogens is 275 g/mol. The van der Waals surface area contributed by atoms with Gasteiger partial charge in [0, 0.05) is 7.05 Å². The molecule has 0 aliphatic carbocycles. The van der Waals surface area contributed by atoms with Gasteiger partial charge < -0.3 is 5.73 Å². The third-order valence-corrected chi connectivity index (χ3v) is 3.01. The van der Waals surface area contributed by atoms with Crippen LogP contribution in [-0.4, -0.2) is 15.0 Å². The maximum Gasteiger partial charge on any atom is 0.137 e. The summed E-state index contributed by atoms with van der Waals surface area (Å²) in [5.41, 5.74) is 7.42. The second-order valence-electron chi connectivity index (χ2n) is 3.43. The number of aromatic nitrogens is 3. The largest absolute Gasteiger partial charge is 0.319 e. The summed E-state index contributed by atoms with van der Waals surface area (Å²) in [5, 5.41) is 7.53. The Morgan fingerprint density at radius 3 is 2.81 bits per heavy atom. The summed E-state index contributed by atoms with van der Waals surface area (Å²) >= 11 is 3.10. The van der Waals surface area contributed by atoms with Crippen LogP contribution in [0.4, 0.5) is 4.39 Å². The number of hydrogen-bond donors (Lipinski definition) is 1. The summed E-state index contributed by atoms with van der Waals surface area (Å²) in [5.74, 6) is -0.330. The predicted molar refractivity (Wildman–Crippen MR) is 61.1 cm³/mol. The first-order valence-corrected chi connectivity index (χ1v) is 5.44. The van der Waals surface area contributed by atoms with E-state index in [0.29, 0.717) is 10.0 Å². The van der Waals surface area contributed by atoms with E-state index in [0.717, 1.165) is 5.69 Å². The summed E-state index contributed by atoms with van der Waals surface area (Å²) in [6.45, 7) is 0. The Labute approximate surface area is 100 Å². The van der Waals surface area contributed by atoms with Crippen LogP contribution in [0, 0.1) is 5.82 Å². The predicted octanol–water partition coefficient (Wildman–Crippen LogP) is 1.76. The fraction of sp³-hybridized carbons (Fsp3) is 0.200. The van der Waals surface area contributed by atoms with Gasteiger partial charge in [0.15, 0.2) is 0 Å². The van der Waals surface area contributed by atoms with E-state index in [-0.39, 0.29) is 5.82 Å². The molecular formula is C10H10BrFN4. The van der Waals surface area contributed by atoms with Crippen molar-refractivity contribution in [1.29, 1.82) is 0 Å². The number of halogens is 2. The standard InChI is InChI=1S/C10H10BrFN4/c1-16-9(5-14-15-16)10(13)6-2-3-7(11)8(12)4-6/h2-5,10H,13H2,1H3. The summed E-state index contributed by atoms with van der Waals surface area (Å²) in [6.07, 6.45) is 1.57. The Kier molecular flexibility index (Phi) is 3.02. The van der Waals surface area contributed by atoms with Crippen molar-refractivity contribution in [3.63, 3.8) is 0 Å². The molecule has 84 valence electrons. The molecule has 0 aliphatic rings. The Morgan fingerprint density at radius 1 is 1.50 bits per heavy atom. The highest BCUT2D eigenvalue weighted by atomic mass is 79.9. The first-order chi connectivity index (χ1) is 7.59. The van der Waals surface area contributed by atoms with Crippen molar-refractivity contribution in [2.45, 2.75) is 6.04 Å². The highest BCUT2D eigenvalue weighted by Gasteiger charge is 2.14. The molecule has 16 heavy (non-hydrogen) atoms. The zero-order valence-electron chi connectivity index (χ0n) is 8.56. The third kappa shape index (κ3) is 1.98. The molecule has 6 heteroatoms. The van der Waals surface area contributed by atoms with Crippen molar-refractivity contribution in [3.05, 3.63) is 45.9 Å². The van der Waals surface area contributed by atoms with Gasteiger partial charge in [0.25, 0.3) is 0 Å². The summed E-state index contributed by atoms with van der Waals surface area (Å²) in [6, 6.07) is 4.38. The Bertz CT molecular complexity index is 511. The smallest absolute Gasteiger partial charge is 0.137 e. The first kappa shape index (κ1) is 11.2. The van der Waals surface area contributed by atoms with Crippen LogP contribution in [0.1, 0.15) is 17.3 Å². The molecule has 1 unspecified atom stereocenters. The van der Waals surface area contributed by atoms with Gasteiger partial charge in [0.05, 0.1) is 22.4 Å². The van der Waals surface area contributed by atoms with E-state index in [2.05, 4.69) is 26.2 Å². The molecule has 1 atom stereocenters. The minimum absolute atomic E-state index is 0.330. The van der Waals surface area contributed by atoms with Crippen LogP contribution in [0.5, 0.6) is 0 Å². The van der Waals surface area contributed by atoms with E-state index in [1.54, 1.807) is 30.1 Å². The quantitative estimate of drug-likeness (QED) is 0.914. The van der Waals surface area contributed by atoms with Crippen molar-refractivity contribution in [3.8, 4) is 0 Å². The fourth-order valence-electron chi connectivity index (χ4n) is 1.46. The molecule has 0 bridgehead atoms. The van der Waals surface area contributed by atoms with E-state index >= 15 is 0 Å². The van der Waals surface area contributed by atoms with Crippen molar-refractivity contribution >= 4 is 15.9 Å². The average Bonchev–Trinajstić information content (AvgIpc) is 2.67. The normalized spacial score (nSPS) is 12.8. The second-order valence-corrected chi connectivity index (χ2v) is 4.29. The van der Waals surface area contributed by atoms with Crippen LogP contribution < -0.4 is 5.73 Å². The summed E-state index contributed by atoms with van der Waals surface area (Å²) < 4.78 is 15.3. The van der Waals surface area contributed by atoms with E-state index < -0.39 is 6.04 Å². The van der Waals surface area contributed by atoms with Crippen LogP contribution >= 0.6 is 15.9 Å². The zero-order valence-corrected chi connectivity index (χ0v) is 10.1. The lowest BCUT2D eigenvalue weighted by molar-refractivity contribution is 0.612.